The van der Waals surface area contributed by atoms with Crippen molar-refractivity contribution in [3.8, 4) is 0 Å². The monoisotopic (exact) mass is 413 g/mol. The van der Waals surface area contributed by atoms with Gasteiger partial charge in [-0.2, -0.15) is 0 Å². The van der Waals surface area contributed by atoms with E-state index in [1.165, 1.54) is 16.8 Å². The van der Waals surface area contributed by atoms with Gasteiger partial charge in [0.2, 0.25) is 0 Å². The number of aryl methyl sites for hydroxylation is 1. The van der Waals surface area contributed by atoms with Crippen LogP contribution in [0.25, 0.3) is 0 Å². The van der Waals surface area contributed by atoms with Crippen molar-refractivity contribution >= 4 is 11.3 Å². The average molecular weight is 414 g/mol. The molecule has 0 radical (unpaired) electrons. The molecule has 0 bridgehead atoms. The summed E-state index contributed by atoms with van der Waals surface area (Å²) in [5.41, 5.74) is 3.21. The lowest BCUT2D eigenvalue weighted by atomic mass is 9.79. The minimum absolute atomic E-state index is 0.0992. The van der Waals surface area contributed by atoms with E-state index in [1.54, 1.807) is 11.1 Å². The number of hydrogen-bond acceptors (Lipinski definition) is 7. The zero-order valence-electron chi connectivity index (χ0n) is 17.0. The zero-order valence-corrected chi connectivity index (χ0v) is 17.8. The van der Waals surface area contributed by atoms with Gasteiger partial charge in [-0.1, -0.05) is 12.1 Å². The van der Waals surface area contributed by atoms with Crippen LogP contribution in [0.5, 0.6) is 0 Å². The van der Waals surface area contributed by atoms with Crippen molar-refractivity contribution in [3.63, 3.8) is 0 Å². The summed E-state index contributed by atoms with van der Waals surface area (Å²) in [5.74, 6) is 0. The molecule has 7 nitrogen and oxygen atoms in total. The Bertz CT molecular complexity index is 966. The normalized spacial score (nSPS) is 24.8. The van der Waals surface area contributed by atoms with Crippen molar-refractivity contribution in [1.82, 2.24) is 24.9 Å². The van der Waals surface area contributed by atoms with Gasteiger partial charge in [-0.3, -0.25) is 4.90 Å². The summed E-state index contributed by atoms with van der Waals surface area (Å²) in [4.78, 5) is 9.68. The van der Waals surface area contributed by atoms with Crippen LogP contribution in [0.15, 0.2) is 29.3 Å². The number of piperidine rings is 1. The first-order chi connectivity index (χ1) is 14.1. The number of hydrogen-bond donors (Lipinski definition) is 0. The van der Waals surface area contributed by atoms with Crippen molar-refractivity contribution in [3.05, 3.63) is 51.6 Å². The van der Waals surface area contributed by atoms with Gasteiger partial charge in [0.15, 0.2) is 6.39 Å². The van der Waals surface area contributed by atoms with E-state index in [9.17, 15) is 0 Å². The summed E-state index contributed by atoms with van der Waals surface area (Å²) in [6.45, 7) is 7.80. The maximum atomic E-state index is 6.45. The minimum atomic E-state index is -0.0992. The first kappa shape index (κ1) is 19.0. The molecule has 3 aromatic rings. The van der Waals surface area contributed by atoms with Crippen LogP contribution in [0.4, 0.5) is 0 Å². The Kier molecular flexibility index (Phi) is 5.01. The lowest BCUT2D eigenvalue weighted by Crippen LogP contribution is -2.50. The van der Waals surface area contributed by atoms with Crippen LogP contribution in [0, 0.1) is 0 Å². The summed E-state index contributed by atoms with van der Waals surface area (Å²) in [7, 11) is 0. The van der Waals surface area contributed by atoms with Crippen LogP contribution in [-0.4, -0.2) is 44.1 Å². The maximum absolute atomic E-state index is 6.45. The Hall–Kier alpha value is -2.03. The number of oxazole rings is 1. The van der Waals surface area contributed by atoms with Crippen LogP contribution >= 0.6 is 11.3 Å². The van der Waals surface area contributed by atoms with Gasteiger partial charge in [0, 0.05) is 35.3 Å². The third-order valence-electron chi connectivity index (χ3n) is 6.22. The maximum Gasteiger partial charge on any atom is 0.180 e. The summed E-state index contributed by atoms with van der Waals surface area (Å²) in [5, 5.41) is 8.60. The van der Waals surface area contributed by atoms with E-state index >= 15 is 0 Å². The summed E-state index contributed by atoms with van der Waals surface area (Å²) in [6, 6.07) is 2.84. The summed E-state index contributed by atoms with van der Waals surface area (Å²) in [6.07, 6.45) is 9.33. The second-order valence-electron chi connectivity index (χ2n) is 8.16. The van der Waals surface area contributed by atoms with Crippen molar-refractivity contribution < 1.29 is 9.15 Å². The Balaban J connectivity index is 1.27. The number of likely N-dealkylation sites (tertiary alicyclic amines) is 1. The third kappa shape index (κ3) is 3.65. The summed E-state index contributed by atoms with van der Waals surface area (Å²) >= 11 is 1.99. The van der Waals surface area contributed by atoms with Crippen LogP contribution < -0.4 is 0 Å². The van der Waals surface area contributed by atoms with E-state index in [2.05, 4.69) is 40.1 Å². The average Bonchev–Trinajstić information content (AvgIpc) is 3.46. The lowest BCUT2D eigenvalue weighted by molar-refractivity contribution is -0.112. The van der Waals surface area contributed by atoms with E-state index < -0.39 is 0 Å². The SMILES string of the molecule is CCc1cc2c(s1)CCO[C@@]21CCN(Cc2cn(Cc3cocn3)nn2)[C@@H](C)C1. The predicted molar refractivity (Wildman–Crippen MR) is 110 cm³/mol. The first-order valence-electron chi connectivity index (χ1n) is 10.4. The highest BCUT2D eigenvalue weighted by Crippen LogP contribution is 2.46. The summed E-state index contributed by atoms with van der Waals surface area (Å²) < 4.78 is 13.3. The minimum Gasteiger partial charge on any atom is -0.451 e. The van der Waals surface area contributed by atoms with Gasteiger partial charge >= 0.3 is 0 Å². The quantitative estimate of drug-likeness (QED) is 0.639. The fraction of sp³-hybridized carbons (Fsp3) is 0.571. The molecule has 1 spiro atoms. The molecule has 2 aliphatic rings. The number of aromatic nitrogens is 4. The van der Waals surface area contributed by atoms with Crippen LogP contribution in [0.1, 0.15) is 53.4 Å². The molecule has 0 saturated carbocycles. The van der Waals surface area contributed by atoms with E-state index in [1.807, 2.05) is 22.2 Å². The van der Waals surface area contributed by atoms with Gasteiger partial charge in [0.25, 0.3) is 0 Å². The number of fused-ring (bicyclic) bond motifs is 2. The van der Waals surface area contributed by atoms with E-state index in [4.69, 9.17) is 9.15 Å². The van der Waals surface area contributed by atoms with Crippen LogP contribution in [0.3, 0.4) is 0 Å². The molecule has 2 atom stereocenters. The molecule has 8 heteroatoms. The molecule has 154 valence electrons. The molecular formula is C21H27N5O2S. The van der Waals surface area contributed by atoms with Gasteiger partial charge in [-0.15, -0.1) is 16.4 Å². The second kappa shape index (κ2) is 7.66. The topological polar surface area (TPSA) is 69.2 Å². The molecule has 5 heterocycles. The molecule has 1 saturated heterocycles. The standard InChI is InChI=1S/C21H27N5O2S/c1-3-18-8-19-20(29-18)4-7-28-21(19)5-6-25(15(2)9-21)10-16-11-26(24-23-16)12-17-13-27-14-22-17/h8,11,13-15H,3-7,9-10,12H2,1-2H3/t15-,21+/m0/s1. The first-order valence-corrected chi connectivity index (χ1v) is 11.2. The molecular weight excluding hydrogens is 386 g/mol. The predicted octanol–water partition coefficient (Wildman–Crippen LogP) is 3.39. The Morgan fingerprint density at radius 3 is 3.03 bits per heavy atom. The number of ether oxygens (including phenoxy) is 1. The van der Waals surface area contributed by atoms with Gasteiger partial charge in [0.05, 0.1) is 30.6 Å². The van der Waals surface area contributed by atoms with Gasteiger partial charge in [-0.25, -0.2) is 9.67 Å². The molecule has 1 fully saturated rings. The third-order valence-corrected chi connectivity index (χ3v) is 7.56. The fourth-order valence-corrected chi connectivity index (χ4v) is 5.87. The highest BCUT2D eigenvalue weighted by atomic mass is 32.1. The molecule has 0 aromatic carbocycles. The number of rotatable bonds is 5. The van der Waals surface area contributed by atoms with Crippen molar-refractivity contribution in [2.24, 2.45) is 0 Å². The largest absolute Gasteiger partial charge is 0.451 e. The van der Waals surface area contributed by atoms with Crippen molar-refractivity contribution in [2.75, 3.05) is 13.2 Å². The smallest absolute Gasteiger partial charge is 0.180 e. The Morgan fingerprint density at radius 1 is 1.31 bits per heavy atom. The second-order valence-corrected chi connectivity index (χ2v) is 9.38. The molecule has 29 heavy (non-hydrogen) atoms. The molecule has 3 aromatic heterocycles. The van der Waals surface area contributed by atoms with E-state index in [0.29, 0.717) is 12.6 Å². The zero-order chi connectivity index (χ0) is 19.8. The van der Waals surface area contributed by atoms with Crippen molar-refractivity contribution in [1.29, 1.82) is 0 Å². The highest BCUT2D eigenvalue weighted by Gasteiger charge is 2.44. The number of thiophene rings is 1. The molecule has 0 aliphatic carbocycles. The lowest BCUT2D eigenvalue weighted by Gasteiger charge is -2.47. The van der Waals surface area contributed by atoms with E-state index in [-0.39, 0.29) is 5.60 Å². The Morgan fingerprint density at radius 2 is 2.24 bits per heavy atom. The molecule has 0 unspecified atom stereocenters. The highest BCUT2D eigenvalue weighted by molar-refractivity contribution is 7.12. The van der Waals surface area contributed by atoms with Crippen molar-refractivity contribution in [2.45, 2.75) is 64.3 Å². The van der Waals surface area contributed by atoms with Gasteiger partial charge in [-0.05, 0) is 37.8 Å². The molecule has 2 aliphatic heterocycles. The Labute approximate surface area is 174 Å². The number of nitrogens with zero attached hydrogens (tertiary/aromatic N) is 5. The fourth-order valence-electron chi connectivity index (χ4n) is 4.69. The van der Waals surface area contributed by atoms with Crippen LogP contribution in [-0.2, 0) is 36.3 Å². The van der Waals surface area contributed by atoms with Crippen LogP contribution in [0.2, 0.25) is 0 Å². The van der Waals surface area contributed by atoms with Gasteiger partial charge < -0.3 is 9.15 Å². The molecule has 0 amide bonds. The van der Waals surface area contributed by atoms with Gasteiger partial charge in [0.1, 0.15) is 12.0 Å². The molecule has 5 rings (SSSR count). The molecule has 0 N–H and O–H groups in total. The van der Waals surface area contributed by atoms with E-state index in [0.717, 1.165) is 56.8 Å².